The Hall–Kier alpha value is -1.08. The Morgan fingerprint density at radius 1 is 1.14 bits per heavy atom. The van der Waals surface area contributed by atoms with Gasteiger partial charge in [0.1, 0.15) is 0 Å². The third-order valence-electron chi connectivity index (χ3n) is 9.06. The van der Waals surface area contributed by atoms with Crippen molar-refractivity contribution in [3.63, 3.8) is 0 Å². The molecule has 154 valence electrons. The van der Waals surface area contributed by atoms with Crippen LogP contribution in [-0.4, -0.2) is 11.2 Å². The van der Waals surface area contributed by atoms with Crippen LogP contribution in [0.15, 0.2) is 47.1 Å². The van der Waals surface area contributed by atoms with E-state index in [9.17, 15) is 5.11 Å². The van der Waals surface area contributed by atoms with Crippen molar-refractivity contribution in [3.8, 4) is 0 Å². The van der Waals surface area contributed by atoms with Crippen LogP contribution in [0.3, 0.4) is 0 Å². The van der Waals surface area contributed by atoms with Gasteiger partial charge in [-0.25, -0.2) is 0 Å². The smallest absolute Gasteiger partial charge is 0.0578 e. The van der Waals surface area contributed by atoms with Crippen LogP contribution < -0.4 is 0 Å². The van der Waals surface area contributed by atoms with E-state index in [-0.39, 0.29) is 11.5 Å². The molecule has 2 fully saturated rings. The van der Waals surface area contributed by atoms with Crippen molar-refractivity contribution < 1.29 is 5.11 Å². The molecule has 0 saturated heterocycles. The zero-order chi connectivity index (χ0) is 20.1. The van der Waals surface area contributed by atoms with Crippen molar-refractivity contribution in [1.29, 1.82) is 0 Å². The topological polar surface area (TPSA) is 20.2 Å². The van der Waals surface area contributed by atoms with E-state index in [2.05, 4.69) is 65.0 Å². The summed E-state index contributed by atoms with van der Waals surface area (Å²) >= 11 is 0. The molecule has 0 aromatic carbocycles. The second-order valence-electron chi connectivity index (χ2n) is 10.7. The minimum absolute atomic E-state index is 0.141. The van der Waals surface area contributed by atoms with Crippen LogP contribution in [0.2, 0.25) is 0 Å². The van der Waals surface area contributed by atoms with Gasteiger partial charge in [-0.1, -0.05) is 77.0 Å². The van der Waals surface area contributed by atoms with Crippen LogP contribution >= 0.6 is 0 Å². The Balaban J connectivity index is 1.63. The van der Waals surface area contributed by atoms with Crippen molar-refractivity contribution in [2.24, 2.45) is 34.5 Å². The molecular formula is C27H40O. The van der Waals surface area contributed by atoms with Gasteiger partial charge in [-0.3, -0.25) is 0 Å². The van der Waals surface area contributed by atoms with E-state index < -0.39 is 0 Å². The van der Waals surface area contributed by atoms with Crippen LogP contribution in [-0.2, 0) is 0 Å². The van der Waals surface area contributed by atoms with Crippen LogP contribution in [0.25, 0.3) is 0 Å². The summed E-state index contributed by atoms with van der Waals surface area (Å²) in [7, 11) is 0. The molecule has 2 saturated carbocycles. The lowest BCUT2D eigenvalue weighted by molar-refractivity contribution is 0.114. The fourth-order valence-corrected chi connectivity index (χ4v) is 6.89. The maximum absolute atomic E-state index is 10.2. The lowest BCUT2D eigenvalue weighted by Crippen LogP contribution is -2.41. The van der Waals surface area contributed by atoms with Crippen molar-refractivity contribution in [1.82, 2.24) is 0 Å². The largest absolute Gasteiger partial charge is 0.393 e. The summed E-state index contributed by atoms with van der Waals surface area (Å²) in [5.41, 5.74) is 5.28. The molecule has 4 aliphatic rings. The Morgan fingerprint density at radius 2 is 1.93 bits per heavy atom. The monoisotopic (exact) mass is 380 g/mol. The number of aliphatic hydroxyl groups excluding tert-OH is 1. The first-order chi connectivity index (χ1) is 13.3. The molecule has 0 heterocycles. The van der Waals surface area contributed by atoms with Gasteiger partial charge in [-0.15, -0.1) is 0 Å². The standard InChI is InChI=1S/C27H40O/c1-6-18(2)7-8-19(3)23-11-12-24-22-10-9-20-17-21(28)13-15-26(20,4)25(22)14-16-27(23,24)5/h7-10,14,18-19,21,23-24,28H,6,11-13,15-17H2,1-5H3/b8-7+/t18-,19-,21+,23-,24+,26+,27-/m1/s1. The zero-order valence-electron chi connectivity index (χ0n) is 18.7. The molecule has 0 aromatic rings. The molecule has 0 amide bonds. The highest BCUT2D eigenvalue weighted by Crippen LogP contribution is 2.63. The second kappa shape index (κ2) is 7.31. The molecule has 0 unspecified atom stereocenters. The van der Waals surface area contributed by atoms with Crippen molar-refractivity contribution in [2.75, 3.05) is 0 Å². The summed E-state index contributed by atoms with van der Waals surface area (Å²) in [6, 6.07) is 0. The molecule has 4 aliphatic carbocycles. The maximum Gasteiger partial charge on any atom is 0.0578 e. The molecule has 1 nitrogen and oxygen atoms in total. The minimum Gasteiger partial charge on any atom is -0.393 e. The number of hydrogen-bond donors (Lipinski definition) is 1. The SMILES string of the molecule is CC[C@@H](C)/C=C/[C@@H](C)[C@H]1CC[C@H]2C3=CC=C4C[C@@H](O)CC[C@]4(C)C3=CC[C@]12C. The van der Waals surface area contributed by atoms with E-state index >= 15 is 0 Å². The molecule has 0 radical (unpaired) electrons. The van der Waals surface area contributed by atoms with Gasteiger partial charge in [0.15, 0.2) is 0 Å². The predicted octanol–water partition coefficient (Wildman–Crippen LogP) is 7.00. The van der Waals surface area contributed by atoms with Gasteiger partial charge in [-0.05, 0) is 78.8 Å². The van der Waals surface area contributed by atoms with Gasteiger partial charge in [0.2, 0.25) is 0 Å². The number of aliphatic hydroxyl groups is 1. The van der Waals surface area contributed by atoms with Crippen LogP contribution in [0.1, 0.15) is 79.6 Å². The average molecular weight is 381 g/mol. The van der Waals surface area contributed by atoms with E-state index in [0.717, 1.165) is 25.2 Å². The Morgan fingerprint density at radius 3 is 2.68 bits per heavy atom. The minimum atomic E-state index is -0.141. The number of fused-ring (bicyclic) bond motifs is 5. The fourth-order valence-electron chi connectivity index (χ4n) is 6.89. The Labute approximate surface area is 172 Å². The first-order valence-corrected chi connectivity index (χ1v) is 11.8. The maximum atomic E-state index is 10.2. The van der Waals surface area contributed by atoms with Gasteiger partial charge >= 0.3 is 0 Å². The van der Waals surface area contributed by atoms with E-state index in [1.807, 2.05) is 0 Å². The van der Waals surface area contributed by atoms with Crippen LogP contribution in [0.4, 0.5) is 0 Å². The molecule has 0 aromatic heterocycles. The fraction of sp³-hybridized carbons (Fsp3) is 0.704. The summed E-state index contributed by atoms with van der Waals surface area (Å²) < 4.78 is 0. The van der Waals surface area contributed by atoms with Crippen molar-refractivity contribution >= 4 is 0 Å². The number of allylic oxidation sites excluding steroid dienone is 7. The third kappa shape index (κ3) is 3.09. The summed E-state index contributed by atoms with van der Waals surface area (Å²) in [5.74, 6) is 2.84. The lowest BCUT2D eigenvalue weighted by Gasteiger charge is -2.50. The quantitative estimate of drug-likeness (QED) is 0.520. The van der Waals surface area contributed by atoms with Gasteiger partial charge in [0, 0.05) is 5.41 Å². The molecule has 0 bridgehead atoms. The normalized spacial score (nSPS) is 42.1. The van der Waals surface area contributed by atoms with Gasteiger partial charge < -0.3 is 5.11 Å². The molecule has 28 heavy (non-hydrogen) atoms. The summed E-state index contributed by atoms with van der Waals surface area (Å²) in [6.45, 7) is 12.1. The van der Waals surface area contributed by atoms with E-state index in [0.29, 0.717) is 23.2 Å². The zero-order valence-corrected chi connectivity index (χ0v) is 18.7. The van der Waals surface area contributed by atoms with Gasteiger partial charge in [0.05, 0.1) is 6.10 Å². The number of rotatable bonds is 4. The molecule has 1 heteroatoms. The highest BCUT2D eigenvalue weighted by atomic mass is 16.3. The number of hydrogen-bond acceptors (Lipinski definition) is 1. The summed E-state index contributed by atoms with van der Waals surface area (Å²) in [5, 5.41) is 10.2. The van der Waals surface area contributed by atoms with E-state index in [1.165, 1.54) is 31.3 Å². The molecule has 1 N–H and O–H groups in total. The average Bonchev–Trinajstić information content (AvgIpc) is 3.03. The Kier molecular flexibility index (Phi) is 5.28. The third-order valence-corrected chi connectivity index (χ3v) is 9.06. The van der Waals surface area contributed by atoms with Gasteiger partial charge in [0.25, 0.3) is 0 Å². The van der Waals surface area contributed by atoms with E-state index in [4.69, 9.17) is 0 Å². The first-order valence-electron chi connectivity index (χ1n) is 11.8. The molecule has 0 aliphatic heterocycles. The predicted molar refractivity (Wildman–Crippen MR) is 119 cm³/mol. The van der Waals surface area contributed by atoms with Crippen LogP contribution in [0.5, 0.6) is 0 Å². The highest BCUT2D eigenvalue weighted by Gasteiger charge is 2.53. The molecule has 4 rings (SSSR count). The van der Waals surface area contributed by atoms with Crippen molar-refractivity contribution in [2.45, 2.75) is 85.7 Å². The summed E-state index contributed by atoms with van der Waals surface area (Å²) in [6.07, 6.45) is 20.3. The highest BCUT2D eigenvalue weighted by molar-refractivity contribution is 5.53. The van der Waals surface area contributed by atoms with Gasteiger partial charge in [-0.2, -0.15) is 0 Å². The van der Waals surface area contributed by atoms with E-state index in [1.54, 1.807) is 11.1 Å². The molecule has 0 spiro atoms. The van der Waals surface area contributed by atoms with Crippen molar-refractivity contribution in [3.05, 3.63) is 47.1 Å². The second-order valence-corrected chi connectivity index (χ2v) is 10.7. The first kappa shape index (κ1) is 20.2. The molecular weight excluding hydrogens is 340 g/mol. The Bertz CT molecular complexity index is 737. The molecule has 7 atom stereocenters. The lowest BCUT2D eigenvalue weighted by atomic mass is 9.54. The van der Waals surface area contributed by atoms with Crippen LogP contribution in [0, 0.1) is 34.5 Å². The summed E-state index contributed by atoms with van der Waals surface area (Å²) in [4.78, 5) is 0.